The number of pyridine rings is 1. The highest BCUT2D eigenvalue weighted by Crippen LogP contribution is 2.30. The van der Waals surface area contributed by atoms with Gasteiger partial charge in [-0.25, -0.2) is 0 Å². The topological polar surface area (TPSA) is 34.2 Å². The van der Waals surface area contributed by atoms with Gasteiger partial charge in [0.25, 0.3) is 0 Å². The van der Waals surface area contributed by atoms with Gasteiger partial charge in [0.1, 0.15) is 5.75 Å². The van der Waals surface area contributed by atoms with Crippen LogP contribution in [-0.2, 0) is 0 Å². The summed E-state index contributed by atoms with van der Waals surface area (Å²) in [6.07, 6.45) is 0. The highest BCUT2D eigenvalue weighted by atomic mass is 16.5. The van der Waals surface area contributed by atoms with Gasteiger partial charge in [-0.1, -0.05) is 0 Å². The summed E-state index contributed by atoms with van der Waals surface area (Å²) >= 11 is 0. The fourth-order valence-corrected chi connectivity index (χ4v) is 1.99. The lowest BCUT2D eigenvalue weighted by atomic mass is 10.1. The number of hydrogen-bond acceptors (Lipinski definition) is 3. The van der Waals surface area contributed by atoms with Crippen molar-refractivity contribution in [3.05, 3.63) is 29.5 Å². The van der Waals surface area contributed by atoms with Crippen molar-refractivity contribution in [2.75, 3.05) is 19.0 Å². The van der Waals surface area contributed by atoms with E-state index in [0.717, 1.165) is 34.6 Å². The lowest BCUT2D eigenvalue weighted by molar-refractivity contribution is 0.415. The predicted molar refractivity (Wildman–Crippen MR) is 71.9 cm³/mol. The minimum absolute atomic E-state index is 0.863. The third-order valence-corrected chi connectivity index (χ3v) is 3.03. The molecule has 90 valence electrons. The van der Waals surface area contributed by atoms with Crippen molar-refractivity contribution in [3.8, 4) is 5.75 Å². The number of benzene rings is 1. The summed E-state index contributed by atoms with van der Waals surface area (Å²) in [5.74, 6) is 0.863. The summed E-state index contributed by atoms with van der Waals surface area (Å²) in [5, 5.41) is 4.54. The molecule has 3 heteroatoms. The molecule has 2 aromatic rings. The Labute approximate surface area is 102 Å². The lowest BCUT2D eigenvalue weighted by Crippen LogP contribution is -2.03. The quantitative estimate of drug-likeness (QED) is 0.878. The van der Waals surface area contributed by atoms with E-state index >= 15 is 0 Å². The molecule has 3 nitrogen and oxygen atoms in total. The average molecular weight is 230 g/mol. The molecule has 0 saturated heterocycles. The summed E-state index contributed by atoms with van der Waals surface area (Å²) in [7, 11) is 1.68. The van der Waals surface area contributed by atoms with Crippen molar-refractivity contribution in [1.29, 1.82) is 0 Å². The van der Waals surface area contributed by atoms with Gasteiger partial charge in [-0.05, 0) is 44.5 Å². The Morgan fingerprint density at radius 2 is 2.06 bits per heavy atom. The van der Waals surface area contributed by atoms with Crippen LogP contribution in [0.2, 0.25) is 0 Å². The minimum atomic E-state index is 0.863. The predicted octanol–water partition coefficient (Wildman–Crippen LogP) is 3.29. The molecule has 0 aliphatic heterocycles. The van der Waals surface area contributed by atoms with E-state index in [2.05, 4.69) is 24.1 Å². The minimum Gasteiger partial charge on any atom is -0.497 e. The SMILES string of the molecule is CCNc1c(C)c(C)nc2ccc(OC)cc12. The number of aromatic nitrogens is 1. The van der Waals surface area contributed by atoms with Gasteiger partial charge < -0.3 is 10.1 Å². The first-order chi connectivity index (χ1) is 8.17. The first-order valence-electron chi connectivity index (χ1n) is 5.86. The van der Waals surface area contributed by atoms with Gasteiger partial charge in [0.2, 0.25) is 0 Å². The Balaban J connectivity index is 2.74. The second-order valence-corrected chi connectivity index (χ2v) is 4.11. The first-order valence-corrected chi connectivity index (χ1v) is 5.86. The highest BCUT2D eigenvalue weighted by molar-refractivity contribution is 5.94. The van der Waals surface area contributed by atoms with Crippen LogP contribution in [0.15, 0.2) is 18.2 Å². The van der Waals surface area contributed by atoms with E-state index in [1.165, 1.54) is 5.56 Å². The maximum absolute atomic E-state index is 5.27. The number of ether oxygens (including phenoxy) is 1. The molecule has 0 unspecified atom stereocenters. The van der Waals surface area contributed by atoms with Crippen molar-refractivity contribution in [3.63, 3.8) is 0 Å². The zero-order chi connectivity index (χ0) is 12.4. The summed E-state index contributed by atoms with van der Waals surface area (Å²) in [6, 6.07) is 5.98. The van der Waals surface area contributed by atoms with E-state index in [1.807, 2.05) is 25.1 Å². The van der Waals surface area contributed by atoms with Crippen LogP contribution in [0.1, 0.15) is 18.2 Å². The summed E-state index contributed by atoms with van der Waals surface area (Å²) in [4.78, 5) is 4.60. The van der Waals surface area contributed by atoms with Gasteiger partial charge in [-0.15, -0.1) is 0 Å². The number of fused-ring (bicyclic) bond motifs is 1. The van der Waals surface area contributed by atoms with Crippen LogP contribution in [0, 0.1) is 13.8 Å². The standard InChI is InChI=1S/C14H18N2O/c1-5-15-14-9(2)10(3)16-13-7-6-11(17-4)8-12(13)14/h6-8H,5H2,1-4H3,(H,15,16). The molecule has 1 N–H and O–H groups in total. The monoisotopic (exact) mass is 230 g/mol. The largest absolute Gasteiger partial charge is 0.497 e. The third kappa shape index (κ3) is 2.05. The zero-order valence-electron chi connectivity index (χ0n) is 10.8. The number of nitrogens with one attached hydrogen (secondary N) is 1. The number of nitrogens with zero attached hydrogens (tertiary/aromatic N) is 1. The number of hydrogen-bond donors (Lipinski definition) is 1. The summed E-state index contributed by atoms with van der Waals surface area (Å²) < 4.78 is 5.27. The number of aryl methyl sites for hydroxylation is 1. The molecule has 17 heavy (non-hydrogen) atoms. The molecule has 0 amide bonds. The molecular formula is C14H18N2O. The van der Waals surface area contributed by atoms with Crippen LogP contribution in [0.4, 0.5) is 5.69 Å². The molecular weight excluding hydrogens is 212 g/mol. The van der Waals surface area contributed by atoms with Gasteiger partial charge in [0, 0.05) is 23.3 Å². The van der Waals surface area contributed by atoms with Crippen molar-refractivity contribution >= 4 is 16.6 Å². The molecule has 0 radical (unpaired) electrons. The van der Waals surface area contributed by atoms with Crippen molar-refractivity contribution in [1.82, 2.24) is 4.98 Å². The number of methoxy groups -OCH3 is 1. The molecule has 0 aliphatic rings. The maximum Gasteiger partial charge on any atom is 0.119 e. The first kappa shape index (κ1) is 11.7. The van der Waals surface area contributed by atoms with Crippen molar-refractivity contribution in [2.24, 2.45) is 0 Å². The van der Waals surface area contributed by atoms with Crippen molar-refractivity contribution in [2.45, 2.75) is 20.8 Å². The molecule has 1 aromatic heterocycles. The molecule has 0 bridgehead atoms. The van der Waals surface area contributed by atoms with E-state index in [0.29, 0.717) is 0 Å². The molecule has 0 aliphatic carbocycles. The Kier molecular flexibility index (Phi) is 3.18. The number of anilines is 1. The molecule has 0 fully saturated rings. The third-order valence-electron chi connectivity index (χ3n) is 3.03. The van der Waals surface area contributed by atoms with E-state index in [9.17, 15) is 0 Å². The van der Waals surface area contributed by atoms with Gasteiger partial charge in [0.05, 0.1) is 12.6 Å². The second kappa shape index (κ2) is 4.62. The summed E-state index contributed by atoms with van der Waals surface area (Å²) in [6.45, 7) is 7.14. The molecule has 1 heterocycles. The fourth-order valence-electron chi connectivity index (χ4n) is 1.99. The Morgan fingerprint density at radius 3 is 2.71 bits per heavy atom. The second-order valence-electron chi connectivity index (χ2n) is 4.11. The van der Waals surface area contributed by atoms with Crippen LogP contribution >= 0.6 is 0 Å². The van der Waals surface area contributed by atoms with Gasteiger partial charge >= 0.3 is 0 Å². The highest BCUT2D eigenvalue weighted by Gasteiger charge is 2.09. The van der Waals surface area contributed by atoms with Crippen LogP contribution in [-0.4, -0.2) is 18.6 Å². The van der Waals surface area contributed by atoms with Gasteiger partial charge in [-0.2, -0.15) is 0 Å². The number of rotatable bonds is 3. The van der Waals surface area contributed by atoms with E-state index < -0.39 is 0 Å². The van der Waals surface area contributed by atoms with Crippen LogP contribution in [0.5, 0.6) is 5.75 Å². The molecule has 0 atom stereocenters. The molecule has 0 spiro atoms. The van der Waals surface area contributed by atoms with Crippen molar-refractivity contribution < 1.29 is 4.74 Å². The van der Waals surface area contributed by atoms with Crippen LogP contribution < -0.4 is 10.1 Å². The summed E-state index contributed by atoms with van der Waals surface area (Å²) in [5.41, 5.74) is 4.44. The smallest absolute Gasteiger partial charge is 0.119 e. The van der Waals surface area contributed by atoms with E-state index in [1.54, 1.807) is 7.11 Å². The molecule has 2 rings (SSSR count). The lowest BCUT2D eigenvalue weighted by Gasteiger charge is -2.14. The van der Waals surface area contributed by atoms with Gasteiger partial charge in [-0.3, -0.25) is 4.98 Å². The van der Waals surface area contributed by atoms with Gasteiger partial charge in [0.15, 0.2) is 0 Å². The molecule has 1 aromatic carbocycles. The van der Waals surface area contributed by atoms with E-state index in [4.69, 9.17) is 4.74 Å². The average Bonchev–Trinajstić information content (AvgIpc) is 2.34. The van der Waals surface area contributed by atoms with Crippen LogP contribution in [0.3, 0.4) is 0 Å². The Bertz CT molecular complexity index is 549. The maximum atomic E-state index is 5.27. The zero-order valence-corrected chi connectivity index (χ0v) is 10.8. The van der Waals surface area contributed by atoms with E-state index in [-0.39, 0.29) is 0 Å². The normalized spacial score (nSPS) is 10.6. The Morgan fingerprint density at radius 1 is 1.29 bits per heavy atom. The Hall–Kier alpha value is -1.77. The van der Waals surface area contributed by atoms with Crippen LogP contribution in [0.25, 0.3) is 10.9 Å². The molecule has 0 saturated carbocycles. The fraction of sp³-hybridized carbons (Fsp3) is 0.357.